The summed E-state index contributed by atoms with van der Waals surface area (Å²) in [5.74, 6) is 1.50. The summed E-state index contributed by atoms with van der Waals surface area (Å²) < 4.78 is 22.2. The highest BCUT2D eigenvalue weighted by atomic mass is 16.5. The first kappa shape index (κ1) is 43.4. The van der Waals surface area contributed by atoms with E-state index in [1.54, 1.807) is 24.9 Å². The van der Waals surface area contributed by atoms with Crippen LogP contribution in [0.2, 0.25) is 0 Å². The largest absolute Gasteiger partial charge is 0.488 e. The fourth-order valence-corrected chi connectivity index (χ4v) is 9.74. The van der Waals surface area contributed by atoms with Gasteiger partial charge < -0.3 is 49.1 Å². The Hall–Kier alpha value is -6.20. The molecule has 2 fully saturated rings. The van der Waals surface area contributed by atoms with Crippen molar-refractivity contribution in [3.63, 3.8) is 0 Å². The van der Waals surface area contributed by atoms with E-state index in [1.807, 2.05) is 30.0 Å². The number of rotatable bonds is 12. The number of ether oxygens (including phenoxy) is 4. The molecule has 334 valence electrons. The summed E-state index contributed by atoms with van der Waals surface area (Å²) in [4.78, 5) is 73.9. The van der Waals surface area contributed by atoms with E-state index in [2.05, 4.69) is 46.5 Å². The van der Waals surface area contributed by atoms with E-state index in [1.165, 1.54) is 28.4 Å². The van der Waals surface area contributed by atoms with E-state index >= 15 is 0 Å². The lowest BCUT2D eigenvalue weighted by atomic mass is 9.92. The molecule has 5 heterocycles. The summed E-state index contributed by atoms with van der Waals surface area (Å²) in [6.45, 7) is 7.82. The molecule has 4 N–H and O–H groups in total. The SMILES string of the molecule is CC[C@H]1CC[C@@H](c2nc3c(ccc4cc5c(cc43)OCc3cc(-c4cnc([C@@H]6CC[C@H](C)N6C(=O)[C@H]([C@@H](C)OC)N(C)C(=O)O)[nH]4)ccc3-5)[nH]2)N1C(=O)[C@@H](NC(=O)OC)[C@@H](C)OC. The fraction of sp³-hybridized carbons (Fsp3) is 0.478. The van der Waals surface area contributed by atoms with Crippen LogP contribution in [0.4, 0.5) is 9.59 Å². The number of nitrogens with zero attached hydrogens (tertiary/aromatic N) is 5. The lowest BCUT2D eigenvalue weighted by molar-refractivity contribution is -0.143. The van der Waals surface area contributed by atoms with Crippen LogP contribution in [0.25, 0.3) is 44.2 Å². The molecule has 17 nitrogen and oxygen atoms in total. The molecule has 0 unspecified atom stereocenters. The Balaban J connectivity index is 1.06. The van der Waals surface area contributed by atoms with Crippen LogP contribution in [0.5, 0.6) is 5.75 Å². The van der Waals surface area contributed by atoms with E-state index in [-0.39, 0.29) is 36.0 Å². The van der Waals surface area contributed by atoms with Crippen molar-refractivity contribution < 1.29 is 43.2 Å². The second-order valence-electron chi connectivity index (χ2n) is 16.9. The number of hydrogen-bond acceptors (Lipinski definition) is 10. The van der Waals surface area contributed by atoms with Gasteiger partial charge in [0.2, 0.25) is 11.8 Å². The van der Waals surface area contributed by atoms with Crippen molar-refractivity contribution >= 4 is 45.8 Å². The number of alkyl carbamates (subject to hydrolysis) is 1. The van der Waals surface area contributed by atoms with E-state index < -0.39 is 36.5 Å². The molecule has 4 amide bonds. The first-order chi connectivity index (χ1) is 30.3. The Morgan fingerprint density at radius 3 is 2.38 bits per heavy atom. The van der Waals surface area contributed by atoms with Crippen LogP contribution in [0.1, 0.15) is 89.1 Å². The van der Waals surface area contributed by atoms with Crippen molar-refractivity contribution in [2.24, 2.45) is 0 Å². The summed E-state index contributed by atoms with van der Waals surface area (Å²) in [6, 6.07) is 11.7. The molecule has 8 atom stereocenters. The van der Waals surface area contributed by atoms with E-state index in [0.29, 0.717) is 31.1 Å². The number of nitrogens with one attached hydrogen (secondary N) is 3. The van der Waals surface area contributed by atoms with Crippen molar-refractivity contribution in [2.45, 2.75) is 115 Å². The predicted molar refractivity (Wildman–Crippen MR) is 234 cm³/mol. The first-order valence-electron chi connectivity index (χ1n) is 21.6. The van der Waals surface area contributed by atoms with Crippen molar-refractivity contribution in [3.8, 4) is 28.1 Å². The van der Waals surface area contributed by atoms with Gasteiger partial charge in [-0.15, -0.1) is 0 Å². The minimum atomic E-state index is -1.20. The van der Waals surface area contributed by atoms with Crippen LogP contribution in [-0.2, 0) is 30.4 Å². The number of carboxylic acid groups (broad SMARTS) is 1. The highest BCUT2D eigenvalue weighted by molar-refractivity contribution is 6.07. The molecule has 3 aromatic carbocycles. The van der Waals surface area contributed by atoms with Crippen LogP contribution in [0.3, 0.4) is 0 Å². The van der Waals surface area contributed by atoms with Crippen LogP contribution in [0.15, 0.2) is 48.7 Å². The maximum Gasteiger partial charge on any atom is 0.407 e. The topological polar surface area (TPSA) is 205 Å². The Bertz CT molecular complexity index is 2560. The van der Waals surface area contributed by atoms with Gasteiger partial charge in [0.15, 0.2) is 0 Å². The van der Waals surface area contributed by atoms with Crippen LogP contribution < -0.4 is 10.1 Å². The predicted octanol–water partition coefficient (Wildman–Crippen LogP) is 6.93. The highest BCUT2D eigenvalue weighted by Gasteiger charge is 2.45. The number of methoxy groups -OCH3 is 3. The minimum absolute atomic E-state index is 0.0373. The van der Waals surface area contributed by atoms with Crippen LogP contribution in [0, 0.1) is 0 Å². The molecular formula is C46H56N8O9. The molecule has 0 spiro atoms. The first-order valence-corrected chi connectivity index (χ1v) is 21.6. The molecule has 5 aromatic rings. The molecule has 3 aliphatic heterocycles. The van der Waals surface area contributed by atoms with Crippen molar-refractivity contribution in [3.05, 3.63) is 65.9 Å². The molecule has 2 aromatic heterocycles. The number of H-pyrrole nitrogens is 2. The molecular weight excluding hydrogens is 809 g/mol. The van der Waals surface area contributed by atoms with Crippen molar-refractivity contribution in [1.29, 1.82) is 0 Å². The fourth-order valence-electron chi connectivity index (χ4n) is 9.74. The summed E-state index contributed by atoms with van der Waals surface area (Å²) >= 11 is 0. The summed E-state index contributed by atoms with van der Waals surface area (Å²) in [5.41, 5.74) is 6.36. The maximum absolute atomic E-state index is 14.2. The number of likely N-dealkylation sites (N-methyl/N-ethyl adjacent to an activating group) is 1. The van der Waals surface area contributed by atoms with Gasteiger partial charge in [0.1, 0.15) is 36.1 Å². The Morgan fingerprint density at radius 1 is 0.921 bits per heavy atom. The lowest BCUT2D eigenvalue weighted by Gasteiger charge is -2.36. The van der Waals surface area contributed by atoms with Gasteiger partial charge in [-0.25, -0.2) is 19.6 Å². The molecule has 0 aliphatic carbocycles. The average Bonchev–Trinajstić information content (AvgIpc) is 4.12. The van der Waals surface area contributed by atoms with Gasteiger partial charge in [-0.05, 0) is 99.2 Å². The van der Waals surface area contributed by atoms with Gasteiger partial charge in [-0.2, -0.15) is 0 Å². The summed E-state index contributed by atoms with van der Waals surface area (Å²) in [6.07, 6.45) is 2.32. The van der Waals surface area contributed by atoms with Crippen LogP contribution in [-0.4, -0.2) is 128 Å². The number of benzene rings is 3. The molecule has 2 saturated heterocycles. The quantitative estimate of drug-likeness (QED) is 0.101. The Morgan fingerprint density at radius 2 is 1.67 bits per heavy atom. The number of fused-ring (bicyclic) bond motifs is 6. The molecule has 63 heavy (non-hydrogen) atoms. The van der Waals surface area contributed by atoms with Gasteiger partial charge >= 0.3 is 12.2 Å². The van der Waals surface area contributed by atoms with Gasteiger partial charge in [0, 0.05) is 44.3 Å². The third kappa shape index (κ3) is 7.81. The number of carbonyl (C=O) groups is 4. The number of likely N-dealkylation sites (tertiary alicyclic amines) is 2. The second-order valence-corrected chi connectivity index (χ2v) is 16.9. The van der Waals surface area contributed by atoms with Gasteiger partial charge in [0.25, 0.3) is 0 Å². The van der Waals surface area contributed by atoms with E-state index in [9.17, 15) is 24.3 Å². The number of amides is 4. The third-order valence-corrected chi connectivity index (χ3v) is 13.4. The number of aromatic amines is 2. The standard InChI is InChI=1S/C46H56N8O9/c1-9-29-13-17-36(54(29)43(55)38(24(3)60-6)51-45(57)62-8)42-48-33-15-12-26-19-32-30-14-11-27(18-28(30)22-63-37(32)20-31(26)39(33)50-42)34-21-47-41(49-34)35-16-10-23(2)53(35)44(56)40(25(4)61-7)52(5)46(58)59/h11-12,14-15,18-21,23-25,29,35-36,38,40H,9-10,13,16-17,22H2,1-8H3,(H,47,49)(H,48,50)(H,51,57)(H,58,59)/t23-,24+,25+,29-,35-,36-,38-,40-/m0/s1. The monoisotopic (exact) mass is 864 g/mol. The average molecular weight is 865 g/mol. The normalized spacial score (nSPS) is 21.3. The molecule has 0 saturated carbocycles. The van der Waals surface area contributed by atoms with Crippen molar-refractivity contribution in [2.75, 3.05) is 28.4 Å². The second kappa shape index (κ2) is 17.5. The Labute approximate surface area is 365 Å². The van der Waals surface area contributed by atoms with Gasteiger partial charge in [0.05, 0.1) is 54.3 Å². The lowest BCUT2D eigenvalue weighted by Crippen LogP contribution is -2.55. The third-order valence-electron chi connectivity index (χ3n) is 13.4. The summed E-state index contributed by atoms with van der Waals surface area (Å²) in [5, 5.41) is 14.4. The zero-order valence-corrected chi connectivity index (χ0v) is 36.9. The number of carbonyl (C=O) groups excluding carboxylic acids is 3. The minimum Gasteiger partial charge on any atom is -0.488 e. The highest BCUT2D eigenvalue weighted by Crippen LogP contribution is 2.44. The smallest absolute Gasteiger partial charge is 0.407 e. The Kier molecular flexibility index (Phi) is 12.1. The maximum atomic E-state index is 14.2. The zero-order chi connectivity index (χ0) is 44.9. The van der Waals surface area contributed by atoms with Gasteiger partial charge in [-0.1, -0.05) is 25.1 Å². The van der Waals surface area contributed by atoms with Crippen molar-refractivity contribution in [1.82, 2.24) is 40.0 Å². The summed E-state index contributed by atoms with van der Waals surface area (Å²) in [7, 11) is 5.63. The van der Waals surface area contributed by atoms with Crippen LogP contribution >= 0.6 is 0 Å². The van der Waals surface area contributed by atoms with Gasteiger partial charge in [-0.3, -0.25) is 14.5 Å². The molecule has 0 radical (unpaired) electrons. The number of aromatic nitrogens is 4. The number of hydrogen-bond donors (Lipinski definition) is 4. The van der Waals surface area contributed by atoms with E-state index in [4.69, 9.17) is 28.9 Å². The molecule has 8 rings (SSSR count). The molecule has 3 aliphatic rings. The molecule has 0 bridgehead atoms. The number of imidazole rings is 2. The van der Waals surface area contributed by atoms with E-state index in [0.717, 1.165) is 79.7 Å². The molecule has 17 heteroatoms. The zero-order valence-electron chi connectivity index (χ0n) is 36.9.